The van der Waals surface area contributed by atoms with E-state index in [0.29, 0.717) is 22.4 Å². The number of benzene rings is 1. The molecule has 0 saturated carbocycles. The van der Waals surface area contributed by atoms with Gasteiger partial charge in [-0.15, -0.1) is 0 Å². The highest BCUT2D eigenvalue weighted by atomic mass is 35.5. The molecule has 20 heavy (non-hydrogen) atoms. The molecule has 1 aromatic carbocycles. The highest BCUT2D eigenvalue weighted by Gasteiger charge is 2.06. The number of aromatic nitrogens is 2. The van der Waals surface area contributed by atoms with Gasteiger partial charge in [-0.2, -0.15) is 10.2 Å². The molecular weight excluding hydrogens is 274 g/mol. The first-order chi connectivity index (χ1) is 9.72. The van der Waals surface area contributed by atoms with Gasteiger partial charge in [-0.25, -0.2) is 4.98 Å². The van der Waals surface area contributed by atoms with Gasteiger partial charge in [-0.1, -0.05) is 24.6 Å². The van der Waals surface area contributed by atoms with Gasteiger partial charge in [0.1, 0.15) is 5.02 Å². The number of nitrogens with one attached hydrogen (secondary N) is 2. The van der Waals surface area contributed by atoms with E-state index in [0.717, 1.165) is 18.7 Å². The number of rotatable bonds is 5. The maximum Gasteiger partial charge on any atom is 0.224 e. The van der Waals surface area contributed by atoms with Crippen molar-refractivity contribution >= 4 is 29.1 Å². The van der Waals surface area contributed by atoms with Crippen molar-refractivity contribution in [2.24, 2.45) is 0 Å². The van der Waals surface area contributed by atoms with Gasteiger partial charge < -0.3 is 10.6 Å². The Balaban J connectivity index is 2.21. The van der Waals surface area contributed by atoms with Crippen LogP contribution < -0.4 is 10.6 Å². The summed E-state index contributed by atoms with van der Waals surface area (Å²) in [6.07, 6.45) is 2.53. The van der Waals surface area contributed by atoms with E-state index in [4.69, 9.17) is 16.9 Å². The van der Waals surface area contributed by atoms with Gasteiger partial charge in [0.15, 0.2) is 5.82 Å². The van der Waals surface area contributed by atoms with E-state index < -0.39 is 0 Å². The molecule has 0 aliphatic heterocycles. The molecule has 0 spiro atoms. The minimum absolute atomic E-state index is 0.425. The Labute approximate surface area is 122 Å². The molecule has 0 bridgehead atoms. The van der Waals surface area contributed by atoms with Crippen molar-refractivity contribution in [1.82, 2.24) is 9.97 Å². The summed E-state index contributed by atoms with van der Waals surface area (Å²) < 4.78 is 0. The monoisotopic (exact) mass is 287 g/mol. The molecule has 0 atom stereocenters. The molecule has 2 N–H and O–H groups in total. The average Bonchev–Trinajstić information content (AvgIpc) is 2.48. The van der Waals surface area contributed by atoms with Crippen LogP contribution in [0.4, 0.5) is 17.5 Å². The fourth-order valence-corrected chi connectivity index (χ4v) is 1.72. The topological polar surface area (TPSA) is 73.6 Å². The van der Waals surface area contributed by atoms with E-state index in [1.54, 1.807) is 24.4 Å². The molecular formula is C14H14ClN5. The maximum absolute atomic E-state index is 8.88. The quantitative estimate of drug-likeness (QED) is 0.879. The van der Waals surface area contributed by atoms with Crippen molar-refractivity contribution in [3.8, 4) is 6.07 Å². The average molecular weight is 288 g/mol. The molecule has 0 saturated heterocycles. The van der Waals surface area contributed by atoms with Gasteiger partial charge in [0.25, 0.3) is 0 Å². The Kier molecular flexibility index (Phi) is 4.75. The summed E-state index contributed by atoms with van der Waals surface area (Å²) in [6, 6.07) is 9.20. The van der Waals surface area contributed by atoms with Gasteiger partial charge in [-0.05, 0) is 24.6 Å². The van der Waals surface area contributed by atoms with Crippen LogP contribution in [0.5, 0.6) is 0 Å². The SMILES string of the molecule is CCCNc1ncc(Cl)c(Nc2cccc(C#N)c2)n1. The summed E-state index contributed by atoms with van der Waals surface area (Å²) in [6.45, 7) is 2.86. The fraction of sp³-hybridized carbons (Fsp3) is 0.214. The molecule has 1 heterocycles. The standard InChI is InChI=1S/C14H14ClN5/c1-2-6-17-14-18-9-12(15)13(20-14)19-11-5-3-4-10(7-11)8-16/h3-5,7,9H,2,6H2,1H3,(H2,17,18,19,20). The predicted octanol–water partition coefficient (Wildman–Crippen LogP) is 3.57. The van der Waals surface area contributed by atoms with Gasteiger partial charge in [0.05, 0.1) is 17.8 Å². The lowest BCUT2D eigenvalue weighted by molar-refractivity contribution is 0.953. The number of nitrogens with zero attached hydrogens (tertiary/aromatic N) is 3. The highest BCUT2D eigenvalue weighted by molar-refractivity contribution is 6.32. The Morgan fingerprint density at radius 1 is 1.40 bits per heavy atom. The molecule has 2 rings (SSSR count). The van der Waals surface area contributed by atoms with Crippen LogP contribution in [0.1, 0.15) is 18.9 Å². The van der Waals surface area contributed by atoms with Crippen LogP contribution >= 0.6 is 11.6 Å². The second-order valence-electron chi connectivity index (χ2n) is 4.13. The van der Waals surface area contributed by atoms with Crippen molar-refractivity contribution in [3.05, 3.63) is 41.0 Å². The van der Waals surface area contributed by atoms with Gasteiger partial charge >= 0.3 is 0 Å². The lowest BCUT2D eigenvalue weighted by Gasteiger charge is -2.09. The molecule has 5 nitrogen and oxygen atoms in total. The molecule has 0 aliphatic rings. The van der Waals surface area contributed by atoms with Crippen molar-refractivity contribution in [2.75, 3.05) is 17.2 Å². The third-order valence-electron chi connectivity index (χ3n) is 2.53. The normalized spacial score (nSPS) is 9.85. The molecule has 0 amide bonds. The summed E-state index contributed by atoms with van der Waals surface area (Å²) >= 11 is 6.07. The van der Waals surface area contributed by atoms with Gasteiger partial charge in [0.2, 0.25) is 5.95 Å². The number of hydrogen-bond donors (Lipinski definition) is 2. The first-order valence-corrected chi connectivity index (χ1v) is 6.64. The van der Waals surface area contributed by atoms with Crippen LogP contribution in [0.3, 0.4) is 0 Å². The van der Waals surface area contributed by atoms with Crippen LogP contribution in [0.15, 0.2) is 30.5 Å². The zero-order valence-corrected chi connectivity index (χ0v) is 11.8. The van der Waals surface area contributed by atoms with Crippen LogP contribution in [-0.4, -0.2) is 16.5 Å². The second-order valence-corrected chi connectivity index (χ2v) is 4.54. The zero-order valence-electron chi connectivity index (χ0n) is 11.0. The largest absolute Gasteiger partial charge is 0.354 e. The molecule has 0 radical (unpaired) electrons. The summed E-state index contributed by atoms with van der Waals surface area (Å²) in [4.78, 5) is 8.42. The van der Waals surface area contributed by atoms with E-state index >= 15 is 0 Å². The molecule has 0 unspecified atom stereocenters. The number of anilines is 3. The number of hydrogen-bond acceptors (Lipinski definition) is 5. The van der Waals surface area contributed by atoms with Gasteiger partial charge in [0, 0.05) is 12.2 Å². The van der Waals surface area contributed by atoms with Crippen molar-refractivity contribution < 1.29 is 0 Å². The van der Waals surface area contributed by atoms with Crippen molar-refractivity contribution in [3.63, 3.8) is 0 Å². The minimum Gasteiger partial charge on any atom is -0.354 e. The molecule has 0 aliphatic carbocycles. The van der Waals surface area contributed by atoms with Crippen LogP contribution in [0.2, 0.25) is 5.02 Å². The second kappa shape index (κ2) is 6.73. The zero-order chi connectivity index (χ0) is 14.4. The third kappa shape index (κ3) is 3.59. The Morgan fingerprint density at radius 2 is 2.25 bits per heavy atom. The maximum atomic E-state index is 8.88. The predicted molar refractivity (Wildman–Crippen MR) is 80.3 cm³/mol. The third-order valence-corrected chi connectivity index (χ3v) is 2.81. The van der Waals surface area contributed by atoms with E-state index in [1.807, 2.05) is 6.07 Å². The molecule has 102 valence electrons. The summed E-state index contributed by atoms with van der Waals surface area (Å²) in [7, 11) is 0. The van der Waals surface area contributed by atoms with E-state index in [2.05, 4.69) is 33.6 Å². The summed E-state index contributed by atoms with van der Waals surface area (Å²) in [5.41, 5.74) is 1.33. The molecule has 0 fully saturated rings. The van der Waals surface area contributed by atoms with E-state index in [1.165, 1.54) is 0 Å². The van der Waals surface area contributed by atoms with Crippen LogP contribution in [0, 0.1) is 11.3 Å². The smallest absolute Gasteiger partial charge is 0.224 e. The molecule has 1 aromatic heterocycles. The summed E-state index contributed by atoms with van der Waals surface area (Å²) in [5.74, 6) is 1.03. The van der Waals surface area contributed by atoms with Crippen LogP contribution in [-0.2, 0) is 0 Å². The molecule has 2 aromatic rings. The van der Waals surface area contributed by atoms with Crippen molar-refractivity contribution in [2.45, 2.75) is 13.3 Å². The lowest BCUT2D eigenvalue weighted by Crippen LogP contribution is -2.06. The Bertz CT molecular complexity index is 636. The highest BCUT2D eigenvalue weighted by Crippen LogP contribution is 2.24. The molecule has 6 heteroatoms. The number of halogens is 1. The Hall–Kier alpha value is -2.32. The first kappa shape index (κ1) is 14.1. The minimum atomic E-state index is 0.425. The van der Waals surface area contributed by atoms with E-state index in [9.17, 15) is 0 Å². The van der Waals surface area contributed by atoms with Crippen molar-refractivity contribution in [1.29, 1.82) is 5.26 Å². The van der Waals surface area contributed by atoms with Crippen LogP contribution in [0.25, 0.3) is 0 Å². The Morgan fingerprint density at radius 3 is 3.00 bits per heavy atom. The van der Waals surface area contributed by atoms with Gasteiger partial charge in [-0.3, -0.25) is 0 Å². The first-order valence-electron chi connectivity index (χ1n) is 6.26. The van der Waals surface area contributed by atoms with E-state index in [-0.39, 0.29) is 0 Å². The number of nitriles is 1. The fourth-order valence-electron chi connectivity index (χ4n) is 1.58. The summed E-state index contributed by atoms with van der Waals surface area (Å²) in [5, 5.41) is 15.5. The lowest BCUT2D eigenvalue weighted by atomic mass is 10.2.